The lowest BCUT2D eigenvalue weighted by molar-refractivity contribution is -0.138. The van der Waals surface area contributed by atoms with Crippen LogP contribution in [0.15, 0.2) is 24.3 Å². The lowest BCUT2D eigenvalue weighted by Crippen LogP contribution is -2.40. The Morgan fingerprint density at radius 2 is 1.95 bits per heavy atom. The van der Waals surface area contributed by atoms with Crippen LogP contribution < -0.4 is 0 Å². The minimum absolute atomic E-state index is 0.134. The van der Waals surface area contributed by atoms with Gasteiger partial charge in [-0.1, -0.05) is 43.5 Å². The van der Waals surface area contributed by atoms with E-state index in [1.807, 2.05) is 11.0 Å². The summed E-state index contributed by atoms with van der Waals surface area (Å²) in [5.41, 5.74) is 1.77. The lowest BCUT2D eigenvalue weighted by atomic mass is 9.82. The molecule has 3 rings (SSSR count). The Balaban J connectivity index is 1.73. The zero-order valence-electron chi connectivity index (χ0n) is 13.6. The molecule has 120 valence electrons. The third-order valence-corrected chi connectivity index (χ3v) is 5.39. The molecule has 3 heteroatoms. The highest BCUT2D eigenvalue weighted by molar-refractivity contribution is 5.78. The van der Waals surface area contributed by atoms with Crippen LogP contribution in [0, 0.1) is 6.92 Å². The van der Waals surface area contributed by atoms with Crippen LogP contribution >= 0.6 is 0 Å². The third kappa shape index (κ3) is 3.19. The van der Waals surface area contributed by atoms with E-state index in [1.165, 1.54) is 17.5 Å². The first-order valence-corrected chi connectivity index (χ1v) is 8.66. The van der Waals surface area contributed by atoms with Crippen molar-refractivity contribution >= 4 is 5.91 Å². The molecule has 2 fully saturated rings. The summed E-state index contributed by atoms with van der Waals surface area (Å²) in [4.78, 5) is 14.8. The highest BCUT2D eigenvalue weighted by Crippen LogP contribution is 2.37. The summed E-state index contributed by atoms with van der Waals surface area (Å²) in [6.07, 6.45) is 7.23. The molecule has 0 aromatic heterocycles. The van der Waals surface area contributed by atoms with Crippen LogP contribution in [-0.4, -0.2) is 28.1 Å². The number of benzene rings is 1. The molecule has 1 amide bonds. The maximum atomic E-state index is 12.8. The normalized spacial score (nSPS) is 24.5. The van der Waals surface area contributed by atoms with Gasteiger partial charge in [0.2, 0.25) is 5.91 Å². The first-order chi connectivity index (χ1) is 10.6. The fraction of sp³-hybridized carbons (Fsp3) is 0.632. The summed E-state index contributed by atoms with van der Waals surface area (Å²) in [7, 11) is 0. The van der Waals surface area contributed by atoms with Crippen molar-refractivity contribution in [3.05, 3.63) is 35.4 Å². The Morgan fingerprint density at radius 1 is 1.23 bits per heavy atom. The molecule has 2 aliphatic rings. The van der Waals surface area contributed by atoms with E-state index < -0.39 is 5.60 Å². The van der Waals surface area contributed by atoms with Crippen LogP contribution in [-0.2, 0) is 4.79 Å². The summed E-state index contributed by atoms with van der Waals surface area (Å²) in [6.45, 7) is 2.94. The van der Waals surface area contributed by atoms with E-state index in [1.54, 1.807) is 0 Å². The molecule has 1 heterocycles. The molecule has 1 saturated heterocycles. The Bertz CT molecular complexity index is 534. The van der Waals surface area contributed by atoms with E-state index in [0.29, 0.717) is 6.42 Å². The number of likely N-dealkylation sites (tertiary alicyclic amines) is 1. The van der Waals surface area contributed by atoms with Crippen molar-refractivity contribution in [2.75, 3.05) is 6.54 Å². The van der Waals surface area contributed by atoms with Crippen molar-refractivity contribution in [1.29, 1.82) is 0 Å². The SMILES string of the molecule is Cc1ccccc1C1CCCN1C(=O)CC1(O)CCCCC1. The second-order valence-electron chi connectivity index (χ2n) is 7.06. The van der Waals surface area contributed by atoms with Crippen LogP contribution in [0.4, 0.5) is 0 Å². The first-order valence-electron chi connectivity index (χ1n) is 8.66. The summed E-state index contributed by atoms with van der Waals surface area (Å²) >= 11 is 0. The zero-order chi connectivity index (χ0) is 15.6. The molecule has 0 bridgehead atoms. The highest BCUT2D eigenvalue weighted by atomic mass is 16.3. The fourth-order valence-corrected chi connectivity index (χ4v) is 4.12. The number of carbonyl (C=O) groups is 1. The largest absolute Gasteiger partial charge is 0.389 e. The van der Waals surface area contributed by atoms with Gasteiger partial charge >= 0.3 is 0 Å². The van der Waals surface area contributed by atoms with Crippen molar-refractivity contribution < 1.29 is 9.90 Å². The van der Waals surface area contributed by atoms with Gasteiger partial charge in [-0.25, -0.2) is 0 Å². The zero-order valence-corrected chi connectivity index (χ0v) is 13.6. The second kappa shape index (κ2) is 6.41. The quantitative estimate of drug-likeness (QED) is 0.924. The molecule has 1 aromatic carbocycles. The van der Waals surface area contributed by atoms with Crippen LogP contribution in [0.5, 0.6) is 0 Å². The van der Waals surface area contributed by atoms with Gasteiger partial charge in [0.1, 0.15) is 0 Å². The van der Waals surface area contributed by atoms with Gasteiger partial charge in [0.15, 0.2) is 0 Å². The number of hydrogen-bond acceptors (Lipinski definition) is 2. The van der Waals surface area contributed by atoms with Gasteiger partial charge in [-0.3, -0.25) is 4.79 Å². The molecule has 1 unspecified atom stereocenters. The molecule has 1 N–H and O–H groups in total. The van der Waals surface area contributed by atoms with Crippen LogP contribution in [0.3, 0.4) is 0 Å². The molecule has 0 radical (unpaired) electrons. The first kappa shape index (κ1) is 15.5. The Hall–Kier alpha value is -1.35. The summed E-state index contributed by atoms with van der Waals surface area (Å²) < 4.78 is 0. The Morgan fingerprint density at radius 3 is 2.68 bits per heavy atom. The third-order valence-electron chi connectivity index (χ3n) is 5.39. The average molecular weight is 301 g/mol. The van der Waals surface area contributed by atoms with Crippen molar-refractivity contribution in [1.82, 2.24) is 4.90 Å². The second-order valence-corrected chi connectivity index (χ2v) is 7.06. The molecular formula is C19H27NO2. The fourth-order valence-electron chi connectivity index (χ4n) is 4.12. The van der Waals surface area contributed by atoms with Gasteiger partial charge in [-0.05, 0) is 43.7 Å². The van der Waals surface area contributed by atoms with E-state index in [2.05, 4.69) is 25.1 Å². The molecule has 1 aliphatic heterocycles. The van der Waals surface area contributed by atoms with Crippen molar-refractivity contribution in [2.45, 2.75) is 69.9 Å². The molecule has 0 spiro atoms. The summed E-state index contributed by atoms with van der Waals surface area (Å²) in [6, 6.07) is 8.55. The van der Waals surface area contributed by atoms with E-state index in [4.69, 9.17) is 0 Å². The lowest BCUT2D eigenvalue weighted by Gasteiger charge is -2.34. The average Bonchev–Trinajstić information content (AvgIpc) is 2.97. The molecule has 22 heavy (non-hydrogen) atoms. The standard InChI is InChI=1S/C19H27NO2/c1-15-8-3-4-9-16(15)17-10-7-13-20(17)18(21)14-19(22)11-5-2-6-12-19/h3-4,8-9,17,22H,2,5-7,10-14H2,1H3. The number of rotatable bonds is 3. The number of aliphatic hydroxyl groups is 1. The molecule has 1 aromatic rings. The van der Waals surface area contributed by atoms with Gasteiger partial charge in [-0.15, -0.1) is 0 Å². The topological polar surface area (TPSA) is 40.5 Å². The van der Waals surface area contributed by atoms with Crippen LogP contribution in [0.25, 0.3) is 0 Å². The summed E-state index contributed by atoms with van der Waals surface area (Å²) in [5, 5.41) is 10.7. The van der Waals surface area contributed by atoms with Crippen LogP contribution in [0.2, 0.25) is 0 Å². The molecule has 1 atom stereocenters. The van der Waals surface area contributed by atoms with Gasteiger partial charge in [0, 0.05) is 6.54 Å². The number of nitrogens with zero attached hydrogens (tertiary/aromatic N) is 1. The van der Waals surface area contributed by atoms with E-state index in [9.17, 15) is 9.90 Å². The van der Waals surface area contributed by atoms with Gasteiger partial charge < -0.3 is 10.0 Å². The smallest absolute Gasteiger partial charge is 0.225 e. The Kier molecular flexibility index (Phi) is 4.53. The number of amides is 1. The predicted molar refractivity (Wildman–Crippen MR) is 87.5 cm³/mol. The molecule has 1 saturated carbocycles. The number of hydrogen-bond donors (Lipinski definition) is 1. The van der Waals surface area contributed by atoms with E-state index in [0.717, 1.165) is 45.1 Å². The van der Waals surface area contributed by atoms with Crippen molar-refractivity contribution in [2.24, 2.45) is 0 Å². The van der Waals surface area contributed by atoms with Crippen molar-refractivity contribution in [3.8, 4) is 0 Å². The molecule has 1 aliphatic carbocycles. The predicted octanol–water partition coefficient (Wildman–Crippen LogP) is 3.74. The maximum absolute atomic E-state index is 12.8. The Labute approximate surface area is 133 Å². The maximum Gasteiger partial charge on any atom is 0.225 e. The summed E-state index contributed by atoms with van der Waals surface area (Å²) in [5.74, 6) is 0.134. The monoisotopic (exact) mass is 301 g/mol. The van der Waals surface area contributed by atoms with E-state index >= 15 is 0 Å². The minimum Gasteiger partial charge on any atom is -0.389 e. The minimum atomic E-state index is -0.756. The van der Waals surface area contributed by atoms with E-state index in [-0.39, 0.29) is 11.9 Å². The van der Waals surface area contributed by atoms with Crippen LogP contribution in [0.1, 0.15) is 68.5 Å². The highest BCUT2D eigenvalue weighted by Gasteiger charge is 2.37. The van der Waals surface area contributed by atoms with Gasteiger partial charge in [0.25, 0.3) is 0 Å². The van der Waals surface area contributed by atoms with Gasteiger partial charge in [-0.2, -0.15) is 0 Å². The van der Waals surface area contributed by atoms with Crippen molar-refractivity contribution in [3.63, 3.8) is 0 Å². The number of aryl methyl sites for hydroxylation is 1. The van der Waals surface area contributed by atoms with Gasteiger partial charge in [0.05, 0.1) is 18.1 Å². The number of carbonyl (C=O) groups excluding carboxylic acids is 1. The molecular weight excluding hydrogens is 274 g/mol. The molecule has 3 nitrogen and oxygen atoms in total.